The second-order valence-electron chi connectivity index (χ2n) is 6.75. The Hall–Kier alpha value is -3.42. The first-order valence-electron chi connectivity index (χ1n) is 9.39. The highest BCUT2D eigenvalue weighted by Gasteiger charge is 2.16. The lowest BCUT2D eigenvalue weighted by molar-refractivity contribution is 0.0856. The number of carbonyl (C=O) groups excluding carboxylic acids is 1. The molecule has 8 heteroatoms. The summed E-state index contributed by atoms with van der Waals surface area (Å²) in [6.45, 7) is 0.829. The van der Waals surface area contributed by atoms with Gasteiger partial charge in [-0.05, 0) is 35.2 Å². The summed E-state index contributed by atoms with van der Waals surface area (Å²) in [5.74, 6) is 0.143. The number of rotatable bonds is 7. The zero-order chi connectivity index (χ0) is 20.9. The van der Waals surface area contributed by atoms with Gasteiger partial charge >= 0.3 is 0 Å². The fourth-order valence-corrected chi connectivity index (χ4v) is 3.33. The molecular weight excluding hydrogens is 402 g/mol. The molecule has 0 aliphatic carbocycles. The molecule has 0 aliphatic rings. The van der Waals surface area contributed by atoms with E-state index in [-0.39, 0.29) is 19.1 Å². The van der Waals surface area contributed by atoms with Gasteiger partial charge in [-0.2, -0.15) is 0 Å². The van der Waals surface area contributed by atoms with E-state index in [0.717, 1.165) is 22.2 Å². The van der Waals surface area contributed by atoms with Gasteiger partial charge in [-0.15, -0.1) is 0 Å². The van der Waals surface area contributed by atoms with Crippen molar-refractivity contribution < 1.29 is 9.53 Å². The lowest BCUT2D eigenvalue weighted by Crippen LogP contribution is -2.21. The predicted molar refractivity (Wildman–Crippen MR) is 115 cm³/mol. The van der Waals surface area contributed by atoms with E-state index in [1.807, 2.05) is 36.4 Å². The number of ether oxygens (including phenoxy) is 1. The van der Waals surface area contributed by atoms with E-state index in [4.69, 9.17) is 22.2 Å². The molecule has 2 heterocycles. The number of para-hydroxylation sites is 1. The molecule has 0 unspecified atom stereocenters. The smallest absolute Gasteiger partial charge is 0.268 e. The minimum Gasteiger partial charge on any atom is -0.473 e. The molecule has 3 N–H and O–H groups in total. The van der Waals surface area contributed by atoms with Crippen LogP contribution in [0.4, 0.5) is 0 Å². The van der Waals surface area contributed by atoms with Gasteiger partial charge in [0.15, 0.2) is 0 Å². The average Bonchev–Trinajstić information content (AvgIpc) is 3.19. The molecule has 0 aliphatic heterocycles. The fourth-order valence-electron chi connectivity index (χ4n) is 3.10. The van der Waals surface area contributed by atoms with Gasteiger partial charge in [0.2, 0.25) is 5.88 Å². The molecule has 0 radical (unpaired) electrons. The van der Waals surface area contributed by atoms with Crippen LogP contribution in [0.2, 0.25) is 0 Å². The molecule has 0 spiro atoms. The Morgan fingerprint density at radius 1 is 1.10 bits per heavy atom. The van der Waals surface area contributed by atoms with Gasteiger partial charge in [0, 0.05) is 41.2 Å². The van der Waals surface area contributed by atoms with Gasteiger partial charge in [-0.1, -0.05) is 30.3 Å². The van der Waals surface area contributed by atoms with Crippen LogP contribution in [0.25, 0.3) is 10.9 Å². The second kappa shape index (κ2) is 8.94. The highest BCUT2D eigenvalue weighted by Crippen LogP contribution is 2.19. The topological polar surface area (TPSA) is 97.1 Å². The van der Waals surface area contributed by atoms with Crippen LogP contribution < -0.4 is 10.5 Å². The SMILES string of the molecule is NCc1cc(OCc2cccc(C(=O)N(Cl)Cc3cc4ccccc4[nH]3)c2)ncn1. The molecule has 152 valence electrons. The van der Waals surface area contributed by atoms with Gasteiger partial charge in [0.05, 0.1) is 12.2 Å². The largest absolute Gasteiger partial charge is 0.473 e. The number of aromatic amines is 1. The van der Waals surface area contributed by atoms with Crippen LogP contribution in [-0.4, -0.2) is 25.3 Å². The zero-order valence-electron chi connectivity index (χ0n) is 16.1. The zero-order valence-corrected chi connectivity index (χ0v) is 16.8. The van der Waals surface area contributed by atoms with Crippen molar-refractivity contribution in [2.75, 3.05) is 0 Å². The first-order chi connectivity index (χ1) is 14.6. The summed E-state index contributed by atoms with van der Waals surface area (Å²) >= 11 is 6.29. The first kappa shape index (κ1) is 19.9. The molecule has 2 aromatic heterocycles. The van der Waals surface area contributed by atoms with E-state index in [0.29, 0.717) is 23.7 Å². The monoisotopic (exact) mass is 421 g/mol. The molecule has 2 aromatic carbocycles. The normalized spacial score (nSPS) is 10.9. The molecule has 0 bridgehead atoms. The van der Waals surface area contributed by atoms with Gasteiger partial charge < -0.3 is 15.5 Å². The van der Waals surface area contributed by atoms with Crippen LogP contribution in [0.3, 0.4) is 0 Å². The summed E-state index contributed by atoms with van der Waals surface area (Å²) in [4.78, 5) is 24.2. The number of nitrogens with two attached hydrogens (primary N) is 1. The summed E-state index contributed by atoms with van der Waals surface area (Å²) in [6, 6.07) is 18.7. The summed E-state index contributed by atoms with van der Waals surface area (Å²) in [7, 11) is 0. The van der Waals surface area contributed by atoms with Crippen molar-refractivity contribution >= 4 is 28.6 Å². The number of hydrogen-bond acceptors (Lipinski definition) is 5. The van der Waals surface area contributed by atoms with Gasteiger partial charge in [0.25, 0.3) is 5.91 Å². The Morgan fingerprint density at radius 3 is 2.80 bits per heavy atom. The Kier molecular flexibility index (Phi) is 5.92. The van der Waals surface area contributed by atoms with E-state index in [1.165, 1.54) is 10.7 Å². The molecule has 0 atom stereocenters. The summed E-state index contributed by atoms with van der Waals surface area (Å²) < 4.78 is 6.86. The number of fused-ring (bicyclic) bond motifs is 1. The third kappa shape index (κ3) is 4.59. The molecule has 7 nitrogen and oxygen atoms in total. The van der Waals surface area contributed by atoms with Crippen LogP contribution >= 0.6 is 11.8 Å². The molecule has 4 aromatic rings. The van der Waals surface area contributed by atoms with Crippen molar-refractivity contribution in [1.82, 2.24) is 19.4 Å². The van der Waals surface area contributed by atoms with Gasteiger partial charge in [-0.25, -0.2) is 14.4 Å². The van der Waals surface area contributed by atoms with Crippen molar-refractivity contribution in [1.29, 1.82) is 0 Å². The quantitative estimate of drug-likeness (QED) is 0.442. The van der Waals surface area contributed by atoms with Gasteiger partial charge in [0.1, 0.15) is 12.9 Å². The van der Waals surface area contributed by atoms with Crippen LogP contribution in [0.5, 0.6) is 5.88 Å². The molecule has 0 saturated heterocycles. The summed E-state index contributed by atoms with van der Waals surface area (Å²) in [5, 5.41) is 1.08. The molecule has 30 heavy (non-hydrogen) atoms. The standard InChI is InChI=1S/C22H20ClN5O2/c23-28(12-19-9-16-5-1-2-7-20(16)27-19)22(29)17-6-3-4-15(8-17)13-30-21-10-18(11-24)25-14-26-21/h1-10,14,27H,11-13,24H2. The third-order valence-corrected chi connectivity index (χ3v) is 4.86. The van der Waals surface area contributed by atoms with Crippen LogP contribution in [0.1, 0.15) is 27.3 Å². The van der Waals surface area contributed by atoms with E-state index in [1.54, 1.807) is 24.3 Å². The Bertz CT molecular complexity index is 1140. The average molecular weight is 422 g/mol. The summed E-state index contributed by atoms with van der Waals surface area (Å²) in [5.41, 5.74) is 9.44. The van der Waals surface area contributed by atoms with Crippen LogP contribution in [0.15, 0.2) is 67.0 Å². The van der Waals surface area contributed by atoms with E-state index < -0.39 is 0 Å². The number of aromatic nitrogens is 3. The van der Waals surface area contributed by atoms with E-state index in [2.05, 4.69) is 15.0 Å². The van der Waals surface area contributed by atoms with Crippen molar-refractivity contribution in [3.05, 3.63) is 89.5 Å². The Balaban J connectivity index is 1.42. The Labute approximate surface area is 178 Å². The number of nitrogens with one attached hydrogen (secondary N) is 1. The highest BCUT2D eigenvalue weighted by atomic mass is 35.5. The molecule has 0 saturated carbocycles. The molecule has 4 rings (SSSR count). The van der Waals surface area contributed by atoms with Crippen molar-refractivity contribution in [2.24, 2.45) is 5.73 Å². The molecule has 0 fully saturated rings. The fraction of sp³-hybridized carbons (Fsp3) is 0.136. The maximum atomic E-state index is 12.8. The maximum Gasteiger partial charge on any atom is 0.268 e. The van der Waals surface area contributed by atoms with Crippen LogP contribution in [-0.2, 0) is 19.7 Å². The molecular formula is C22H20ClN5O2. The minimum atomic E-state index is -0.287. The van der Waals surface area contributed by atoms with Crippen molar-refractivity contribution in [3.8, 4) is 5.88 Å². The number of benzene rings is 2. The van der Waals surface area contributed by atoms with Crippen molar-refractivity contribution in [3.63, 3.8) is 0 Å². The maximum absolute atomic E-state index is 12.8. The molecule has 1 amide bonds. The second-order valence-corrected chi connectivity index (χ2v) is 7.16. The van der Waals surface area contributed by atoms with E-state index in [9.17, 15) is 4.79 Å². The lowest BCUT2D eigenvalue weighted by atomic mass is 10.1. The predicted octanol–water partition coefficient (Wildman–Crippen LogP) is 3.79. The minimum absolute atomic E-state index is 0.256. The number of hydrogen-bond donors (Lipinski definition) is 2. The van der Waals surface area contributed by atoms with E-state index >= 15 is 0 Å². The van der Waals surface area contributed by atoms with Gasteiger partial charge in [-0.3, -0.25) is 4.79 Å². The third-order valence-electron chi connectivity index (χ3n) is 4.58. The Morgan fingerprint density at radius 2 is 1.97 bits per heavy atom. The lowest BCUT2D eigenvalue weighted by Gasteiger charge is -2.14. The van der Waals surface area contributed by atoms with Crippen LogP contribution in [0, 0.1) is 0 Å². The van der Waals surface area contributed by atoms with Crippen molar-refractivity contribution in [2.45, 2.75) is 19.7 Å². The first-order valence-corrected chi connectivity index (χ1v) is 9.73. The number of H-pyrrole nitrogens is 1. The highest BCUT2D eigenvalue weighted by molar-refractivity contribution is 6.24. The number of nitrogens with zero attached hydrogens (tertiary/aromatic N) is 3. The number of halogens is 1. The summed E-state index contributed by atoms with van der Waals surface area (Å²) in [6.07, 6.45) is 1.41. The number of carbonyl (C=O) groups is 1. The number of amides is 1.